The number of hydrogen-bond donors (Lipinski definition) is 0. The summed E-state index contributed by atoms with van der Waals surface area (Å²) >= 11 is 0. The number of rotatable bonds is 15. The Morgan fingerprint density at radius 3 is 1.58 bits per heavy atom. The Balaban J connectivity index is 1.44. The molecule has 0 unspecified atom stereocenters. The van der Waals surface area contributed by atoms with Crippen molar-refractivity contribution in [3.05, 3.63) is 109 Å². The van der Waals surface area contributed by atoms with Gasteiger partial charge in [-0.1, -0.05) is 13.2 Å². The summed E-state index contributed by atoms with van der Waals surface area (Å²) in [4.78, 5) is 70.7. The van der Waals surface area contributed by atoms with Crippen molar-refractivity contribution in [2.24, 2.45) is 0 Å². The van der Waals surface area contributed by atoms with Crippen LogP contribution in [0, 0.1) is 6.92 Å². The maximum absolute atomic E-state index is 12.6. The van der Waals surface area contributed by atoms with Crippen LogP contribution in [0.25, 0.3) is 0 Å². The molecule has 250 valence electrons. The molecule has 0 saturated heterocycles. The SMILES string of the molecule is C=CC(=O)OCCCCOC(=O)Oc1ccc(C(=O)Oc2ccc(OC(=O)c3ccc(OC(=O)OCOC(=O)C=C)cc3)c(C)c2)cc1. The quantitative estimate of drug-likeness (QED) is 0.0370. The average molecular weight is 663 g/mol. The fourth-order valence-electron chi connectivity index (χ4n) is 3.48. The molecule has 0 aliphatic rings. The summed E-state index contributed by atoms with van der Waals surface area (Å²) in [6.07, 6.45) is 0.854. The lowest BCUT2D eigenvalue weighted by atomic mass is 10.2. The molecule has 0 aromatic heterocycles. The van der Waals surface area contributed by atoms with Gasteiger partial charge in [0.2, 0.25) is 6.79 Å². The van der Waals surface area contributed by atoms with Gasteiger partial charge in [-0.05, 0) is 92.1 Å². The van der Waals surface area contributed by atoms with Gasteiger partial charge in [0, 0.05) is 12.2 Å². The third kappa shape index (κ3) is 12.2. The van der Waals surface area contributed by atoms with Crippen LogP contribution in [0.15, 0.2) is 92.0 Å². The zero-order valence-electron chi connectivity index (χ0n) is 25.7. The van der Waals surface area contributed by atoms with Crippen molar-refractivity contribution >= 4 is 36.2 Å². The largest absolute Gasteiger partial charge is 0.516 e. The molecule has 0 spiro atoms. The van der Waals surface area contributed by atoms with E-state index in [1.54, 1.807) is 6.92 Å². The minimum atomic E-state index is -1.13. The van der Waals surface area contributed by atoms with Gasteiger partial charge in [-0.15, -0.1) is 0 Å². The van der Waals surface area contributed by atoms with Gasteiger partial charge < -0.3 is 37.9 Å². The van der Waals surface area contributed by atoms with Crippen LogP contribution in [0.1, 0.15) is 39.1 Å². The number of carbonyl (C=O) groups excluding carboxylic acids is 6. The minimum Gasteiger partial charge on any atom is -0.463 e. The molecular weight excluding hydrogens is 632 g/mol. The monoisotopic (exact) mass is 662 g/mol. The number of aryl methyl sites for hydroxylation is 1. The second-order valence-corrected chi connectivity index (χ2v) is 9.32. The third-order valence-corrected chi connectivity index (χ3v) is 5.86. The normalized spacial score (nSPS) is 10.0. The van der Waals surface area contributed by atoms with E-state index in [2.05, 4.69) is 22.6 Å². The van der Waals surface area contributed by atoms with Gasteiger partial charge in [0.05, 0.1) is 24.3 Å². The molecule has 0 heterocycles. The van der Waals surface area contributed by atoms with Crippen molar-refractivity contribution in [2.45, 2.75) is 19.8 Å². The Bertz CT molecular complexity index is 1640. The summed E-state index contributed by atoms with van der Waals surface area (Å²) < 4.78 is 39.7. The van der Waals surface area contributed by atoms with E-state index in [4.69, 9.17) is 28.4 Å². The van der Waals surface area contributed by atoms with Crippen molar-refractivity contribution in [2.75, 3.05) is 20.0 Å². The van der Waals surface area contributed by atoms with E-state index in [0.29, 0.717) is 18.4 Å². The number of ether oxygens (including phenoxy) is 8. The number of esters is 4. The van der Waals surface area contributed by atoms with Crippen LogP contribution in [0.5, 0.6) is 23.0 Å². The molecular formula is C34H30O14. The Morgan fingerprint density at radius 2 is 1.04 bits per heavy atom. The van der Waals surface area contributed by atoms with Crippen molar-refractivity contribution in [1.29, 1.82) is 0 Å². The van der Waals surface area contributed by atoms with Gasteiger partial charge in [0.15, 0.2) is 0 Å². The summed E-state index contributed by atoms with van der Waals surface area (Å²) in [7, 11) is 0. The zero-order valence-corrected chi connectivity index (χ0v) is 25.7. The summed E-state index contributed by atoms with van der Waals surface area (Å²) in [6.45, 7) is 7.73. The molecule has 0 aliphatic heterocycles. The first-order valence-electron chi connectivity index (χ1n) is 14.1. The Labute approximate surface area is 274 Å². The fraction of sp³-hybridized carbons (Fsp3) is 0.176. The molecule has 3 aromatic carbocycles. The first-order valence-corrected chi connectivity index (χ1v) is 14.1. The zero-order chi connectivity index (χ0) is 34.9. The van der Waals surface area contributed by atoms with E-state index in [9.17, 15) is 28.8 Å². The van der Waals surface area contributed by atoms with Crippen LogP contribution in [-0.2, 0) is 28.5 Å². The van der Waals surface area contributed by atoms with Gasteiger partial charge in [-0.2, -0.15) is 0 Å². The van der Waals surface area contributed by atoms with E-state index >= 15 is 0 Å². The third-order valence-electron chi connectivity index (χ3n) is 5.86. The minimum absolute atomic E-state index is 0.0626. The Morgan fingerprint density at radius 1 is 0.562 bits per heavy atom. The molecule has 0 N–H and O–H groups in total. The smallest absolute Gasteiger partial charge is 0.463 e. The molecule has 3 aromatic rings. The molecule has 14 heteroatoms. The van der Waals surface area contributed by atoms with Gasteiger partial charge in [-0.3, -0.25) is 0 Å². The second-order valence-electron chi connectivity index (χ2n) is 9.32. The maximum atomic E-state index is 12.6. The Kier molecular flexibility index (Phi) is 13.9. The summed E-state index contributed by atoms with van der Waals surface area (Å²) in [5.41, 5.74) is 0.818. The van der Waals surface area contributed by atoms with E-state index in [-0.39, 0.29) is 47.3 Å². The van der Waals surface area contributed by atoms with Crippen molar-refractivity contribution < 1.29 is 66.7 Å². The van der Waals surface area contributed by atoms with Crippen LogP contribution in [0.2, 0.25) is 0 Å². The summed E-state index contributed by atoms with van der Waals surface area (Å²) in [5.74, 6) is -2.08. The van der Waals surface area contributed by atoms with Gasteiger partial charge in [0.25, 0.3) is 0 Å². The maximum Gasteiger partial charge on any atom is 0.516 e. The van der Waals surface area contributed by atoms with Gasteiger partial charge in [-0.25, -0.2) is 28.8 Å². The van der Waals surface area contributed by atoms with Gasteiger partial charge >= 0.3 is 36.2 Å². The van der Waals surface area contributed by atoms with Crippen LogP contribution in [0.4, 0.5) is 9.59 Å². The number of carbonyl (C=O) groups is 6. The van der Waals surface area contributed by atoms with Gasteiger partial charge in [0.1, 0.15) is 23.0 Å². The van der Waals surface area contributed by atoms with Crippen LogP contribution in [0.3, 0.4) is 0 Å². The van der Waals surface area contributed by atoms with Crippen LogP contribution in [-0.4, -0.2) is 56.2 Å². The van der Waals surface area contributed by atoms with Crippen molar-refractivity contribution in [3.63, 3.8) is 0 Å². The molecule has 14 nitrogen and oxygen atoms in total. The van der Waals surface area contributed by atoms with E-state index in [1.165, 1.54) is 66.7 Å². The molecule has 48 heavy (non-hydrogen) atoms. The average Bonchev–Trinajstić information content (AvgIpc) is 3.07. The highest BCUT2D eigenvalue weighted by molar-refractivity contribution is 5.92. The lowest BCUT2D eigenvalue weighted by molar-refractivity contribution is -0.146. The van der Waals surface area contributed by atoms with E-state index in [0.717, 1.165) is 12.2 Å². The predicted molar refractivity (Wildman–Crippen MR) is 165 cm³/mol. The highest BCUT2D eigenvalue weighted by atomic mass is 16.8. The van der Waals surface area contributed by atoms with E-state index < -0.39 is 43.0 Å². The van der Waals surface area contributed by atoms with Crippen LogP contribution < -0.4 is 18.9 Å². The van der Waals surface area contributed by atoms with Crippen LogP contribution >= 0.6 is 0 Å². The first-order chi connectivity index (χ1) is 23.1. The first kappa shape index (κ1) is 36.0. The van der Waals surface area contributed by atoms with E-state index in [1.807, 2.05) is 0 Å². The highest BCUT2D eigenvalue weighted by Gasteiger charge is 2.15. The van der Waals surface area contributed by atoms with Crippen molar-refractivity contribution in [3.8, 4) is 23.0 Å². The topological polar surface area (TPSA) is 176 Å². The standard InChI is InChI=1S/C34H30O14/c1-4-29(35)41-18-6-7-19-42-33(39)46-25-12-8-23(9-13-25)31(37)45-27-16-17-28(22(3)20-27)48-32(38)24-10-14-26(15-11-24)47-34(40)44-21-43-30(36)5-2/h4-5,8-17,20H,1-2,6-7,18-19,21H2,3H3. The number of benzene rings is 3. The molecule has 0 saturated carbocycles. The molecule has 0 radical (unpaired) electrons. The molecule has 0 aliphatic carbocycles. The lowest BCUT2D eigenvalue weighted by Crippen LogP contribution is -2.15. The van der Waals surface area contributed by atoms with Crippen molar-refractivity contribution in [1.82, 2.24) is 0 Å². The molecule has 0 amide bonds. The number of hydrogen-bond acceptors (Lipinski definition) is 14. The molecule has 0 atom stereocenters. The Hall–Kier alpha value is -6.44. The molecule has 0 bridgehead atoms. The second kappa shape index (κ2) is 18.5. The fourth-order valence-corrected chi connectivity index (χ4v) is 3.48. The molecule has 0 fully saturated rings. The molecule has 3 rings (SSSR count). The number of unbranched alkanes of at least 4 members (excludes halogenated alkanes) is 1. The highest BCUT2D eigenvalue weighted by Crippen LogP contribution is 2.26. The summed E-state index contributed by atoms with van der Waals surface area (Å²) in [5, 5.41) is 0. The predicted octanol–water partition coefficient (Wildman–Crippen LogP) is 5.66. The summed E-state index contributed by atoms with van der Waals surface area (Å²) in [6, 6.07) is 15.4. The lowest BCUT2D eigenvalue weighted by Gasteiger charge is -2.11.